The molecule has 1 aromatic carbocycles. The van der Waals surface area contributed by atoms with Crippen LogP contribution in [0, 0.1) is 5.82 Å². The number of pyridine rings is 1. The quantitative estimate of drug-likeness (QED) is 0.633. The van der Waals surface area contributed by atoms with Gasteiger partial charge in [0.15, 0.2) is 0 Å². The van der Waals surface area contributed by atoms with Crippen LogP contribution in [0.5, 0.6) is 5.88 Å². The number of nitrogens with one attached hydrogen (secondary N) is 1. The number of carbonyl (C=O) groups excluding carboxylic acids is 1. The van der Waals surface area contributed by atoms with E-state index in [-0.39, 0.29) is 35.3 Å². The van der Waals surface area contributed by atoms with Crippen LogP contribution in [-0.2, 0) is 14.8 Å². The van der Waals surface area contributed by atoms with Crippen molar-refractivity contribution in [2.45, 2.75) is 24.3 Å². The number of carbonyl (C=O) groups is 1. The molecule has 2 aliphatic rings. The third kappa shape index (κ3) is 5.27. The maximum Gasteiger partial charge on any atom is 0.267 e. The van der Waals surface area contributed by atoms with Crippen LogP contribution < -0.4 is 14.4 Å². The van der Waals surface area contributed by atoms with Crippen molar-refractivity contribution < 1.29 is 27.1 Å². The second kappa shape index (κ2) is 9.65. The van der Waals surface area contributed by atoms with Crippen molar-refractivity contribution in [3.05, 3.63) is 46.9 Å². The van der Waals surface area contributed by atoms with Gasteiger partial charge in [0.1, 0.15) is 23.0 Å². The van der Waals surface area contributed by atoms with Gasteiger partial charge in [0.05, 0.1) is 25.3 Å². The van der Waals surface area contributed by atoms with E-state index >= 15 is 0 Å². The van der Waals surface area contributed by atoms with Gasteiger partial charge in [-0.05, 0) is 38.1 Å². The summed E-state index contributed by atoms with van der Waals surface area (Å²) in [4.78, 5) is 18.9. The number of benzene rings is 1. The van der Waals surface area contributed by atoms with Crippen LogP contribution in [0.25, 0.3) is 0 Å². The van der Waals surface area contributed by atoms with Crippen LogP contribution in [0.4, 0.5) is 10.1 Å². The van der Waals surface area contributed by atoms with E-state index < -0.39 is 32.2 Å². The molecular weight excluding hydrogens is 487 g/mol. The first-order chi connectivity index (χ1) is 16.1. The summed E-state index contributed by atoms with van der Waals surface area (Å²) in [7, 11) is -4.29. The lowest BCUT2D eigenvalue weighted by Gasteiger charge is -2.35. The summed E-state index contributed by atoms with van der Waals surface area (Å²) in [5.41, 5.74) is -0.325. The molecule has 0 radical (unpaired) electrons. The normalized spacial score (nSPS) is 17.1. The van der Waals surface area contributed by atoms with Crippen LogP contribution in [0.15, 0.2) is 35.4 Å². The van der Waals surface area contributed by atoms with Crippen molar-refractivity contribution in [3.8, 4) is 5.88 Å². The van der Waals surface area contributed by atoms with Gasteiger partial charge < -0.3 is 14.8 Å². The van der Waals surface area contributed by atoms with E-state index in [2.05, 4.69) is 15.2 Å². The molecule has 1 aromatic heterocycles. The maximum atomic E-state index is 14.4. The molecule has 12 heteroatoms. The Morgan fingerprint density at radius 2 is 1.94 bits per heavy atom. The lowest BCUT2D eigenvalue weighted by atomic mass is 10.0. The Bertz CT molecular complexity index is 1190. The predicted octanol–water partition coefficient (Wildman–Crippen LogP) is 2.30. The molecule has 0 bridgehead atoms. The Morgan fingerprint density at radius 1 is 1.21 bits per heavy atom. The van der Waals surface area contributed by atoms with Crippen LogP contribution >= 0.6 is 11.6 Å². The molecule has 2 aliphatic heterocycles. The first-order valence-electron chi connectivity index (χ1n) is 10.8. The number of halogens is 2. The number of fused-ring (bicyclic) bond motifs is 1. The molecule has 34 heavy (non-hydrogen) atoms. The molecule has 3 heterocycles. The zero-order valence-corrected chi connectivity index (χ0v) is 20.5. The van der Waals surface area contributed by atoms with E-state index in [1.54, 1.807) is 0 Å². The van der Waals surface area contributed by atoms with Crippen LogP contribution in [0.1, 0.15) is 24.2 Å². The third-order valence-corrected chi connectivity index (χ3v) is 7.61. The standard InChI is InChI=1S/C22H26ClFN4O5S/c1-22(2,14-27-5-8-32-9-6-27)26-20(29)15-11-18-21(25-13-15)33-10-7-28(18)34(30,31)19-4-3-16(23)12-17(19)24/h3-4,11-13H,5-10,14H2,1-2H3,(H,26,29). The van der Waals surface area contributed by atoms with E-state index in [1.807, 2.05) is 13.8 Å². The number of ether oxygens (including phenoxy) is 2. The molecule has 1 saturated heterocycles. The van der Waals surface area contributed by atoms with Crippen molar-refractivity contribution in [1.82, 2.24) is 15.2 Å². The smallest absolute Gasteiger partial charge is 0.267 e. The SMILES string of the molecule is CC(C)(CN1CCOCC1)NC(=O)c1cnc2c(c1)N(S(=O)(=O)c1ccc(Cl)cc1F)CCO2. The Morgan fingerprint density at radius 3 is 2.65 bits per heavy atom. The van der Waals surface area contributed by atoms with Crippen LogP contribution in [0.3, 0.4) is 0 Å². The summed E-state index contributed by atoms with van der Waals surface area (Å²) in [6.07, 6.45) is 1.33. The number of morpholine rings is 1. The van der Waals surface area contributed by atoms with Gasteiger partial charge in [-0.2, -0.15) is 0 Å². The lowest BCUT2D eigenvalue weighted by molar-refractivity contribution is 0.0269. The average Bonchev–Trinajstić information content (AvgIpc) is 2.78. The molecule has 9 nitrogen and oxygen atoms in total. The summed E-state index contributed by atoms with van der Waals surface area (Å²) in [6.45, 7) is 7.29. The maximum absolute atomic E-state index is 14.4. The van der Waals surface area contributed by atoms with Gasteiger partial charge in [0.2, 0.25) is 5.88 Å². The Labute approximate surface area is 202 Å². The zero-order valence-electron chi connectivity index (χ0n) is 18.9. The highest BCUT2D eigenvalue weighted by Crippen LogP contribution is 2.35. The first kappa shape index (κ1) is 24.6. The summed E-state index contributed by atoms with van der Waals surface area (Å²) < 4.78 is 52.8. The van der Waals surface area contributed by atoms with Gasteiger partial charge in [-0.3, -0.25) is 14.0 Å². The third-order valence-electron chi connectivity index (χ3n) is 5.53. The van der Waals surface area contributed by atoms with Gasteiger partial charge >= 0.3 is 0 Å². The van der Waals surface area contributed by atoms with Crippen molar-refractivity contribution in [2.75, 3.05) is 50.3 Å². The number of hydrogen-bond donors (Lipinski definition) is 1. The second-order valence-electron chi connectivity index (χ2n) is 8.78. The number of anilines is 1. The number of aromatic nitrogens is 1. The second-order valence-corrected chi connectivity index (χ2v) is 11.0. The fraction of sp³-hybridized carbons (Fsp3) is 0.455. The molecule has 1 fully saturated rings. The Hall–Kier alpha value is -2.47. The minimum atomic E-state index is -4.29. The number of nitrogens with zero attached hydrogens (tertiary/aromatic N) is 3. The average molecular weight is 513 g/mol. The number of rotatable bonds is 6. The molecule has 1 amide bonds. The monoisotopic (exact) mass is 512 g/mol. The molecule has 4 rings (SSSR count). The number of sulfonamides is 1. The highest BCUT2D eigenvalue weighted by atomic mass is 35.5. The minimum absolute atomic E-state index is 0.0343. The molecule has 0 atom stereocenters. The van der Waals surface area contributed by atoms with Crippen molar-refractivity contribution in [3.63, 3.8) is 0 Å². The molecule has 0 unspecified atom stereocenters. The molecule has 0 spiro atoms. The topological polar surface area (TPSA) is 101 Å². The molecule has 1 N–H and O–H groups in total. The minimum Gasteiger partial charge on any atom is -0.474 e. The summed E-state index contributed by atoms with van der Waals surface area (Å²) in [5.74, 6) is -1.32. The Kier molecular flexibility index (Phi) is 6.99. The van der Waals surface area contributed by atoms with Gasteiger partial charge in [0, 0.05) is 36.4 Å². The fourth-order valence-corrected chi connectivity index (χ4v) is 5.64. The van der Waals surface area contributed by atoms with E-state index in [4.69, 9.17) is 21.1 Å². The Balaban J connectivity index is 1.58. The van der Waals surface area contributed by atoms with E-state index in [9.17, 15) is 17.6 Å². The van der Waals surface area contributed by atoms with Gasteiger partial charge in [-0.1, -0.05) is 11.6 Å². The number of hydrogen-bond acceptors (Lipinski definition) is 7. The van der Waals surface area contributed by atoms with E-state index in [0.29, 0.717) is 19.8 Å². The van der Waals surface area contributed by atoms with E-state index in [0.717, 1.165) is 29.5 Å². The highest BCUT2D eigenvalue weighted by Gasteiger charge is 2.34. The van der Waals surface area contributed by atoms with E-state index in [1.165, 1.54) is 18.3 Å². The molecular formula is C22H26ClFN4O5S. The summed E-state index contributed by atoms with van der Waals surface area (Å²) >= 11 is 5.77. The molecule has 2 aromatic rings. The fourth-order valence-electron chi connectivity index (χ4n) is 3.99. The number of amides is 1. The van der Waals surface area contributed by atoms with Crippen molar-refractivity contribution >= 4 is 33.2 Å². The van der Waals surface area contributed by atoms with Crippen molar-refractivity contribution in [2.24, 2.45) is 0 Å². The predicted molar refractivity (Wildman–Crippen MR) is 124 cm³/mol. The lowest BCUT2D eigenvalue weighted by Crippen LogP contribution is -2.53. The summed E-state index contributed by atoms with van der Waals surface area (Å²) in [5, 5.41) is 3.06. The zero-order chi connectivity index (χ0) is 24.5. The molecule has 0 saturated carbocycles. The van der Waals surface area contributed by atoms with Crippen molar-refractivity contribution in [1.29, 1.82) is 0 Å². The summed E-state index contributed by atoms with van der Waals surface area (Å²) in [6, 6.07) is 4.75. The largest absolute Gasteiger partial charge is 0.474 e. The van der Waals surface area contributed by atoms with Crippen LogP contribution in [-0.4, -0.2) is 75.7 Å². The molecule has 184 valence electrons. The van der Waals surface area contributed by atoms with Gasteiger partial charge in [0.25, 0.3) is 15.9 Å². The molecule has 0 aliphatic carbocycles. The van der Waals surface area contributed by atoms with Gasteiger partial charge in [-0.15, -0.1) is 0 Å². The first-order valence-corrected chi connectivity index (χ1v) is 12.6. The highest BCUT2D eigenvalue weighted by molar-refractivity contribution is 7.92. The van der Waals surface area contributed by atoms with Crippen LogP contribution in [0.2, 0.25) is 5.02 Å². The van der Waals surface area contributed by atoms with Gasteiger partial charge in [-0.25, -0.2) is 17.8 Å².